The van der Waals surface area contributed by atoms with Gasteiger partial charge >= 0.3 is 5.97 Å². The summed E-state index contributed by atoms with van der Waals surface area (Å²) in [5, 5.41) is 16.3. The molecule has 6 heteroatoms. The Kier molecular flexibility index (Phi) is 3.38. The summed E-state index contributed by atoms with van der Waals surface area (Å²) in [5.41, 5.74) is -0.0593. The molecule has 18 heavy (non-hydrogen) atoms. The topological polar surface area (TPSA) is 81.5 Å². The average Bonchev–Trinajstić information content (AvgIpc) is 2.40. The molecule has 2 rings (SSSR count). The van der Waals surface area contributed by atoms with Crippen LogP contribution in [0.2, 0.25) is 0 Å². The van der Waals surface area contributed by atoms with Gasteiger partial charge < -0.3 is 14.6 Å². The van der Waals surface area contributed by atoms with Crippen molar-refractivity contribution in [3.63, 3.8) is 0 Å². The van der Waals surface area contributed by atoms with E-state index in [9.17, 15) is 4.79 Å². The van der Waals surface area contributed by atoms with E-state index in [1.54, 1.807) is 24.3 Å². The first-order valence-electron chi connectivity index (χ1n) is 5.08. The first kappa shape index (κ1) is 11.8. The van der Waals surface area contributed by atoms with Gasteiger partial charge in [0.25, 0.3) is 5.88 Å². The zero-order valence-electron chi connectivity index (χ0n) is 9.53. The van der Waals surface area contributed by atoms with Crippen LogP contribution in [0.15, 0.2) is 36.5 Å². The van der Waals surface area contributed by atoms with Crippen molar-refractivity contribution >= 4 is 5.97 Å². The first-order valence-corrected chi connectivity index (χ1v) is 5.08. The third-order valence-electron chi connectivity index (χ3n) is 2.19. The lowest BCUT2D eigenvalue weighted by Crippen LogP contribution is -2.03. The predicted octanol–water partition coefficient (Wildman–Crippen LogP) is 1.98. The SMILES string of the molecule is COc1ccccc1Oc1nnccc1C(=O)O. The zero-order valence-corrected chi connectivity index (χ0v) is 9.53. The van der Waals surface area contributed by atoms with E-state index >= 15 is 0 Å². The van der Waals surface area contributed by atoms with E-state index in [0.29, 0.717) is 11.5 Å². The normalized spacial score (nSPS) is 9.83. The number of hydrogen-bond donors (Lipinski definition) is 1. The van der Waals surface area contributed by atoms with Crippen LogP contribution in [0.3, 0.4) is 0 Å². The fourth-order valence-electron chi connectivity index (χ4n) is 1.36. The summed E-state index contributed by atoms with van der Waals surface area (Å²) in [6, 6.07) is 8.19. The lowest BCUT2D eigenvalue weighted by molar-refractivity contribution is 0.0693. The highest BCUT2D eigenvalue weighted by Crippen LogP contribution is 2.31. The fraction of sp³-hybridized carbons (Fsp3) is 0.0833. The Morgan fingerprint density at radius 3 is 2.61 bits per heavy atom. The van der Waals surface area contributed by atoms with Gasteiger partial charge in [-0.2, -0.15) is 5.10 Å². The molecular formula is C12H10N2O4. The molecule has 0 radical (unpaired) electrons. The molecule has 0 aliphatic heterocycles. The lowest BCUT2D eigenvalue weighted by Gasteiger charge is -2.09. The maximum Gasteiger partial charge on any atom is 0.341 e. The molecule has 0 unspecified atom stereocenters. The number of carbonyl (C=O) groups is 1. The number of para-hydroxylation sites is 2. The molecule has 1 heterocycles. The molecule has 6 nitrogen and oxygen atoms in total. The van der Waals surface area contributed by atoms with E-state index in [4.69, 9.17) is 14.6 Å². The number of aromatic carboxylic acids is 1. The minimum atomic E-state index is -1.13. The third kappa shape index (κ3) is 2.37. The lowest BCUT2D eigenvalue weighted by atomic mass is 10.3. The van der Waals surface area contributed by atoms with Gasteiger partial charge in [0.15, 0.2) is 11.5 Å². The minimum Gasteiger partial charge on any atom is -0.493 e. The number of aromatic nitrogens is 2. The van der Waals surface area contributed by atoms with Crippen molar-refractivity contribution in [2.45, 2.75) is 0 Å². The molecule has 1 aromatic heterocycles. The summed E-state index contributed by atoms with van der Waals surface area (Å²) in [6.45, 7) is 0. The quantitative estimate of drug-likeness (QED) is 0.888. The van der Waals surface area contributed by atoms with Crippen LogP contribution in [0.4, 0.5) is 0 Å². The Morgan fingerprint density at radius 1 is 1.22 bits per heavy atom. The molecule has 0 spiro atoms. The van der Waals surface area contributed by atoms with Gasteiger partial charge in [-0.05, 0) is 18.2 Å². The van der Waals surface area contributed by atoms with Crippen LogP contribution in [0.5, 0.6) is 17.4 Å². The van der Waals surface area contributed by atoms with Crippen LogP contribution in [-0.4, -0.2) is 28.4 Å². The van der Waals surface area contributed by atoms with Crippen molar-refractivity contribution in [1.82, 2.24) is 10.2 Å². The molecule has 0 saturated heterocycles. The Balaban J connectivity index is 2.37. The molecule has 0 bridgehead atoms. The summed E-state index contributed by atoms with van der Waals surface area (Å²) in [7, 11) is 1.50. The molecule has 0 amide bonds. The van der Waals surface area contributed by atoms with E-state index < -0.39 is 5.97 Å². The van der Waals surface area contributed by atoms with Crippen LogP contribution in [0, 0.1) is 0 Å². The summed E-state index contributed by atoms with van der Waals surface area (Å²) in [5.74, 6) is -0.341. The van der Waals surface area contributed by atoms with Crippen LogP contribution in [0.25, 0.3) is 0 Å². The molecule has 2 aromatic rings. The number of hydrogen-bond acceptors (Lipinski definition) is 5. The number of carboxylic acids is 1. The van der Waals surface area contributed by atoms with E-state index in [1.807, 2.05) is 0 Å². The van der Waals surface area contributed by atoms with Crippen molar-refractivity contribution in [2.75, 3.05) is 7.11 Å². The van der Waals surface area contributed by atoms with Crippen LogP contribution in [-0.2, 0) is 0 Å². The minimum absolute atomic E-state index is 0.0593. The standard InChI is InChI=1S/C12H10N2O4/c1-17-9-4-2-3-5-10(9)18-11-8(12(15)16)6-7-13-14-11/h2-7H,1H3,(H,15,16). The molecule has 0 saturated carbocycles. The predicted molar refractivity (Wildman–Crippen MR) is 62.1 cm³/mol. The van der Waals surface area contributed by atoms with Crippen molar-refractivity contribution in [3.8, 4) is 17.4 Å². The van der Waals surface area contributed by atoms with E-state index in [-0.39, 0.29) is 11.4 Å². The van der Waals surface area contributed by atoms with Crippen molar-refractivity contribution in [3.05, 3.63) is 42.1 Å². The fourth-order valence-corrected chi connectivity index (χ4v) is 1.36. The number of nitrogens with zero attached hydrogens (tertiary/aromatic N) is 2. The van der Waals surface area contributed by atoms with E-state index in [1.165, 1.54) is 19.4 Å². The number of benzene rings is 1. The molecule has 92 valence electrons. The first-order chi connectivity index (χ1) is 8.72. The summed E-state index contributed by atoms with van der Waals surface area (Å²) in [4.78, 5) is 11.0. The Bertz CT molecular complexity index is 572. The zero-order chi connectivity index (χ0) is 13.0. The number of carboxylic acid groups (broad SMARTS) is 1. The Hall–Kier alpha value is -2.63. The second-order valence-electron chi connectivity index (χ2n) is 3.31. The Morgan fingerprint density at radius 2 is 1.94 bits per heavy atom. The summed E-state index contributed by atoms with van der Waals surface area (Å²) < 4.78 is 10.5. The van der Waals surface area contributed by atoms with Gasteiger partial charge in [0.1, 0.15) is 5.56 Å². The maximum atomic E-state index is 11.0. The second kappa shape index (κ2) is 5.13. The van der Waals surface area contributed by atoms with Crippen LogP contribution < -0.4 is 9.47 Å². The van der Waals surface area contributed by atoms with Crippen LogP contribution in [0.1, 0.15) is 10.4 Å². The third-order valence-corrected chi connectivity index (χ3v) is 2.19. The number of methoxy groups -OCH3 is 1. The highest BCUT2D eigenvalue weighted by atomic mass is 16.5. The van der Waals surface area contributed by atoms with Gasteiger partial charge in [0.05, 0.1) is 13.3 Å². The van der Waals surface area contributed by atoms with Gasteiger partial charge in [-0.25, -0.2) is 4.79 Å². The number of ether oxygens (including phenoxy) is 2. The molecule has 0 aliphatic carbocycles. The highest BCUT2D eigenvalue weighted by molar-refractivity contribution is 5.90. The maximum absolute atomic E-state index is 11.0. The highest BCUT2D eigenvalue weighted by Gasteiger charge is 2.15. The average molecular weight is 246 g/mol. The van der Waals surface area contributed by atoms with Crippen molar-refractivity contribution in [1.29, 1.82) is 0 Å². The summed E-state index contributed by atoms with van der Waals surface area (Å²) >= 11 is 0. The van der Waals surface area contributed by atoms with Crippen molar-refractivity contribution < 1.29 is 19.4 Å². The molecule has 0 fully saturated rings. The molecule has 1 N–H and O–H groups in total. The largest absolute Gasteiger partial charge is 0.493 e. The van der Waals surface area contributed by atoms with Gasteiger partial charge in [-0.1, -0.05) is 12.1 Å². The molecular weight excluding hydrogens is 236 g/mol. The van der Waals surface area contributed by atoms with Crippen molar-refractivity contribution in [2.24, 2.45) is 0 Å². The van der Waals surface area contributed by atoms with Gasteiger partial charge in [-0.15, -0.1) is 5.10 Å². The second-order valence-corrected chi connectivity index (χ2v) is 3.31. The van der Waals surface area contributed by atoms with Crippen LogP contribution >= 0.6 is 0 Å². The molecule has 0 atom stereocenters. The Labute approximate surface area is 103 Å². The molecule has 1 aromatic carbocycles. The van der Waals surface area contributed by atoms with Gasteiger partial charge in [0.2, 0.25) is 0 Å². The van der Waals surface area contributed by atoms with E-state index in [2.05, 4.69) is 10.2 Å². The van der Waals surface area contributed by atoms with Gasteiger partial charge in [0, 0.05) is 0 Å². The van der Waals surface area contributed by atoms with E-state index in [0.717, 1.165) is 0 Å². The summed E-state index contributed by atoms with van der Waals surface area (Å²) in [6.07, 6.45) is 1.29. The monoisotopic (exact) mass is 246 g/mol. The molecule has 0 aliphatic rings. The smallest absolute Gasteiger partial charge is 0.341 e. The van der Waals surface area contributed by atoms with Gasteiger partial charge in [-0.3, -0.25) is 0 Å². The number of rotatable bonds is 4.